The van der Waals surface area contributed by atoms with E-state index in [1.54, 1.807) is 0 Å². The molecule has 0 atom stereocenters. The molecule has 0 radical (unpaired) electrons. The number of nitrogens with zero attached hydrogens (tertiary/aromatic N) is 1. The fraction of sp³-hybridized carbons (Fsp3) is 1.00. The zero-order valence-electron chi connectivity index (χ0n) is 9.76. The van der Waals surface area contributed by atoms with Crippen molar-refractivity contribution in [2.75, 3.05) is 26.2 Å². The van der Waals surface area contributed by atoms with Gasteiger partial charge in [-0.1, -0.05) is 13.8 Å². The fourth-order valence-corrected chi connectivity index (χ4v) is 2.36. The molecular formula is C12H25NO. The van der Waals surface area contributed by atoms with Crippen molar-refractivity contribution in [3.8, 4) is 0 Å². The zero-order valence-corrected chi connectivity index (χ0v) is 9.76. The number of rotatable bonds is 5. The Morgan fingerprint density at radius 3 is 2.64 bits per heavy atom. The summed E-state index contributed by atoms with van der Waals surface area (Å²) in [6.07, 6.45) is 6.12. The number of aliphatic hydroxyl groups excluding tert-OH is 1. The Morgan fingerprint density at radius 2 is 2.00 bits per heavy atom. The fourth-order valence-electron chi connectivity index (χ4n) is 2.36. The highest BCUT2D eigenvalue weighted by molar-refractivity contribution is 4.79. The molecule has 0 bridgehead atoms. The predicted molar refractivity (Wildman–Crippen MR) is 60.4 cm³/mol. The van der Waals surface area contributed by atoms with Gasteiger partial charge in [-0.25, -0.2) is 0 Å². The second kappa shape index (κ2) is 5.72. The average Bonchev–Trinajstić information content (AvgIpc) is 2.11. The topological polar surface area (TPSA) is 23.5 Å². The van der Waals surface area contributed by atoms with Crippen molar-refractivity contribution in [3.63, 3.8) is 0 Å². The number of hydrogen-bond acceptors (Lipinski definition) is 2. The zero-order chi connectivity index (χ0) is 10.4. The van der Waals surface area contributed by atoms with E-state index in [1.807, 2.05) is 0 Å². The molecule has 1 aliphatic rings. The number of aliphatic hydroxyl groups is 1. The van der Waals surface area contributed by atoms with Crippen molar-refractivity contribution in [1.82, 2.24) is 4.90 Å². The van der Waals surface area contributed by atoms with Crippen LogP contribution in [0, 0.1) is 5.41 Å². The first-order chi connectivity index (χ1) is 6.64. The first-order valence-corrected chi connectivity index (χ1v) is 5.97. The Hall–Kier alpha value is -0.0800. The Bertz CT molecular complexity index is 156. The van der Waals surface area contributed by atoms with Gasteiger partial charge in [0.1, 0.15) is 0 Å². The third-order valence-electron chi connectivity index (χ3n) is 3.11. The van der Waals surface area contributed by atoms with Crippen LogP contribution in [0.2, 0.25) is 0 Å². The summed E-state index contributed by atoms with van der Waals surface area (Å²) in [5.74, 6) is 0. The summed E-state index contributed by atoms with van der Waals surface area (Å²) in [5.41, 5.74) is 0.523. The van der Waals surface area contributed by atoms with Crippen LogP contribution in [0.3, 0.4) is 0 Å². The van der Waals surface area contributed by atoms with Crippen molar-refractivity contribution < 1.29 is 5.11 Å². The van der Waals surface area contributed by atoms with Gasteiger partial charge in [-0.15, -0.1) is 0 Å². The van der Waals surface area contributed by atoms with E-state index in [2.05, 4.69) is 18.7 Å². The standard InChI is InChI=1S/C12H25NO/c1-12(2)7-6-9-13(11-12)8-4-3-5-10-14/h14H,3-11H2,1-2H3. The van der Waals surface area contributed by atoms with Gasteiger partial charge in [0.15, 0.2) is 0 Å². The van der Waals surface area contributed by atoms with Crippen molar-refractivity contribution >= 4 is 0 Å². The summed E-state index contributed by atoms with van der Waals surface area (Å²) in [5, 5.41) is 8.67. The maximum atomic E-state index is 8.67. The molecule has 0 unspecified atom stereocenters. The van der Waals surface area contributed by atoms with Crippen molar-refractivity contribution in [2.45, 2.75) is 46.0 Å². The molecule has 1 fully saturated rings. The second-order valence-electron chi connectivity index (χ2n) is 5.33. The molecule has 0 aromatic heterocycles. The molecule has 0 aliphatic carbocycles. The molecule has 0 saturated carbocycles. The number of hydrogen-bond donors (Lipinski definition) is 1. The highest BCUT2D eigenvalue weighted by Crippen LogP contribution is 2.28. The average molecular weight is 199 g/mol. The number of unbranched alkanes of at least 4 members (excludes halogenated alkanes) is 2. The van der Waals surface area contributed by atoms with Gasteiger partial charge >= 0.3 is 0 Å². The van der Waals surface area contributed by atoms with Gasteiger partial charge in [0.05, 0.1) is 0 Å². The third-order valence-corrected chi connectivity index (χ3v) is 3.11. The van der Waals surface area contributed by atoms with Crippen LogP contribution in [-0.4, -0.2) is 36.2 Å². The summed E-state index contributed by atoms with van der Waals surface area (Å²) in [4.78, 5) is 2.58. The largest absolute Gasteiger partial charge is 0.396 e. The summed E-state index contributed by atoms with van der Waals surface area (Å²) in [6.45, 7) is 8.85. The smallest absolute Gasteiger partial charge is 0.0431 e. The highest BCUT2D eigenvalue weighted by Gasteiger charge is 2.25. The van der Waals surface area contributed by atoms with E-state index in [0.29, 0.717) is 12.0 Å². The predicted octanol–water partition coefficient (Wildman–Crippen LogP) is 2.27. The molecular weight excluding hydrogens is 174 g/mol. The minimum Gasteiger partial charge on any atom is -0.396 e. The van der Waals surface area contributed by atoms with Crippen molar-refractivity contribution in [3.05, 3.63) is 0 Å². The minimum atomic E-state index is 0.353. The van der Waals surface area contributed by atoms with E-state index >= 15 is 0 Å². The summed E-state index contributed by atoms with van der Waals surface area (Å²) in [7, 11) is 0. The molecule has 0 amide bonds. The van der Waals surface area contributed by atoms with E-state index in [4.69, 9.17) is 5.11 Å². The molecule has 14 heavy (non-hydrogen) atoms. The Kier molecular flexibility index (Phi) is 4.90. The Morgan fingerprint density at radius 1 is 1.21 bits per heavy atom. The summed E-state index contributed by atoms with van der Waals surface area (Å²) in [6, 6.07) is 0. The van der Waals surface area contributed by atoms with Crippen LogP contribution < -0.4 is 0 Å². The number of piperidine rings is 1. The molecule has 1 aliphatic heterocycles. The first-order valence-electron chi connectivity index (χ1n) is 5.97. The molecule has 1 N–H and O–H groups in total. The van der Waals surface area contributed by atoms with Gasteiger partial charge in [0, 0.05) is 13.2 Å². The van der Waals surface area contributed by atoms with Crippen LogP contribution in [0.1, 0.15) is 46.0 Å². The molecule has 1 heterocycles. The van der Waals surface area contributed by atoms with Gasteiger partial charge in [-0.2, -0.15) is 0 Å². The van der Waals surface area contributed by atoms with Crippen LogP contribution >= 0.6 is 0 Å². The highest BCUT2D eigenvalue weighted by atomic mass is 16.2. The molecule has 84 valence electrons. The lowest BCUT2D eigenvalue weighted by molar-refractivity contribution is 0.115. The lowest BCUT2D eigenvalue weighted by Gasteiger charge is -2.38. The molecule has 0 spiro atoms. The summed E-state index contributed by atoms with van der Waals surface area (Å²) >= 11 is 0. The van der Waals surface area contributed by atoms with Crippen LogP contribution in [0.5, 0.6) is 0 Å². The van der Waals surface area contributed by atoms with Crippen LogP contribution in [0.15, 0.2) is 0 Å². The Balaban J connectivity index is 2.12. The molecule has 2 heteroatoms. The van der Waals surface area contributed by atoms with Gasteiger partial charge in [0.2, 0.25) is 0 Å². The Labute approximate surface area is 88.3 Å². The molecule has 0 aromatic carbocycles. The molecule has 0 aromatic rings. The van der Waals surface area contributed by atoms with Crippen LogP contribution in [0.25, 0.3) is 0 Å². The minimum absolute atomic E-state index is 0.353. The van der Waals surface area contributed by atoms with E-state index in [0.717, 1.165) is 6.42 Å². The van der Waals surface area contributed by atoms with Crippen LogP contribution in [0.4, 0.5) is 0 Å². The molecule has 1 saturated heterocycles. The molecule has 1 rings (SSSR count). The van der Waals surface area contributed by atoms with E-state index in [1.165, 1.54) is 45.3 Å². The van der Waals surface area contributed by atoms with Crippen molar-refractivity contribution in [1.29, 1.82) is 0 Å². The SMILES string of the molecule is CC1(C)CCCN(CCCCCO)C1. The lowest BCUT2D eigenvalue weighted by atomic mass is 9.84. The maximum Gasteiger partial charge on any atom is 0.0431 e. The third kappa shape index (κ3) is 4.43. The van der Waals surface area contributed by atoms with E-state index < -0.39 is 0 Å². The van der Waals surface area contributed by atoms with E-state index in [9.17, 15) is 0 Å². The maximum absolute atomic E-state index is 8.67. The number of likely N-dealkylation sites (tertiary alicyclic amines) is 1. The van der Waals surface area contributed by atoms with Gasteiger partial charge in [-0.3, -0.25) is 0 Å². The monoisotopic (exact) mass is 199 g/mol. The first kappa shape index (κ1) is 12.0. The second-order valence-corrected chi connectivity index (χ2v) is 5.33. The van der Waals surface area contributed by atoms with Gasteiger partial charge < -0.3 is 10.0 Å². The van der Waals surface area contributed by atoms with Crippen molar-refractivity contribution in [2.24, 2.45) is 5.41 Å². The lowest BCUT2D eigenvalue weighted by Crippen LogP contribution is -2.40. The van der Waals surface area contributed by atoms with Gasteiger partial charge in [0.25, 0.3) is 0 Å². The molecule has 2 nitrogen and oxygen atoms in total. The normalized spacial score (nSPS) is 22.5. The van der Waals surface area contributed by atoms with E-state index in [-0.39, 0.29) is 0 Å². The quantitative estimate of drug-likeness (QED) is 0.687. The van der Waals surface area contributed by atoms with Gasteiger partial charge in [-0.05, 0) is 50.6 Å². The van der Waals surface area contributed by atoms with Crippen LogP contribution in [-0.2, 0) is 0 Å². The summed E-state index contributed by atoms with van der Waals surface area (Å²) < 4.78 is 0.